The van der Waals surface area contributed by atoms with E-state index < -0.39 is 28.1 Å². The third-order valence-electron chi connectivity index (χ3n) is 9.72. The third-order valence-corrected chi connectivity index (χ3v) is 10.5. The Labute approximate surface area is 271 Å². The number of hydrogen-bond donors (Lipinski definition) is 0. The van der Waals surface area contributed by atoms with Crippen LogP contribution in [-0.4, -0.2) is 78.7 Å². The van der Waals surface area contributed by atoms with Crippen LogP contribution in [0.4, 0.5) is 28.2 Å². The predicted molar refractivity (Wildman–Crippen MR) is 162 cm³/mol. The first kappa shape index (κ1) is 31.4. The van der Waals surface area contributed by atoms with Crippen molar-refractivity contribution in [2.45, 2.75) is 69.1 Å². The number of nitrogens with zero attached hydrogens (tertiary/aromatic N) is 4. The van der Waals surface area contributed by atoms with Crippen LogP contribution in [0.15, 0.2) is 40.9 Å². The molecule has 46 heavy (non-hydrogen) atoms. The van der Waals surface area contributed by atoms with Gasteiger partial charge in [-0.15, -0.1) is 0 Å². The number of fused-ring (bicyclic) bond motifs is 4. The van der Waals surface area contributed by atoms with Crippen LogP contribution < -0.4 is 9.64 Å². The quantitative estimate of drug-likeness (QED) is 0.221. The molecule has 3 atom stereocenters. The van der Waals surface area contributed by atoms with Gasteiger partial charge in [0.05, 0.1) is 48.0 Å². The molecule has 1 amide bonds. The Morgan fingerprint density at radius 1 is 1.20 bits per heavy atom. The first-order valence-electron chi connectivity index (χ1n) is 15.3. The van der Waals surface area contributed by atoms with Gasteiger partial charge in [0.1, 0.15) is 17.9 Å². The van der Waals surface area contributed by atoms with E-state index in [2.05, 4.69) is 25.9 Å². The minimum atomic E-state index is -4.82. The van der Waals surface area contributed by atoms with E-state index >= 15 is 4.39 Å². The summed E-state index contributed by atoms with van der Waals surface area (Å²) in [6.45, 7) is 1.42. The van der Waals surface area contributed by atoms with E-state index in [1.807, 2.05) is 35.2 Å². The zero-order valence-electron chi connectivity index (χ0n) is 25.1. The number of methoxy groups -OCH3 is 1. The molecule has 4 saturated heterocycles. The molecular formula is C32H33BrF4N4O5. The number of anilines is 1. The molecule has 0 spiro atoms. The van der Waals surface area contributed by atoms with E-state index in [1.54, 1.807) is 12.0 Å². The highest BCUT2D eigenvalue weighted by atomic mass is 79.9. The van der Waals surface area contributed by atoms with Gasteiger partial charge in [0.15, 0.2) is 5.82 Å². The summed E-state index contributed by atoms with van der Waals surface area (Å²) in [5.74, 6) is -0.985. The summed E-state index contributed by atoms with van der Waals surface area (Å²) in [5.41, 5.74) is -0.755. The molecule has 4 aliphatic heterocycles. The second-order valence-electron chi connectivity index (χ2n) is 12.6. The Hall–Kier alpha value is -3.23. The number of aromatic nitrogens is 2. The van der Waals surface area contributed by atoms with Gasteiger partial charge in [0.2, 0.25) is 0 Å². The second kappa shape index (κ2) is 12.1. The fraction of sp³-hybridized carbons (Fsp3) is 0.531. The molecule has 3 aromatic rings. The Balaban J connectivity index is 1.23. The van der Waals surface area contributed by atoms with Gasteiger partial charge in [0.25, 0.3) is 0 Å². The van der Waals surface area contributed by atoms with E-state index in [-0.39, 0.29) is 78.7 Å². The topological polar surface area (TPSA) is 86.2 Å². The first-order chi connectivity index (χ1) is 22.1. The third kappa shape index (κ3) is 5.66. The fourth-order valence-corrected chi connectivity index (χ4v) is 7.98. The van der Waals surface area contributed by atoms with Crippen LogP contribution >= 0.6 is 15.9 Å². The minimum Gasteiger partial charge on any atom is -0.463 e. The SMILES string of the molecule is COCCN(C(=O)OCc1ccccc1)C1C[C@H]2CC[C@@H]1N2c1nc(OCC23COC(C2)C3)nc2c(F)c(Br)c(C(F)(F)F)cc12. The summed E-state index contributed by atoms with van der Waals surface area (Å²) in [7, 11) is 1.54. The molecule has 2 aromatic carbocycles. The largest absolute Gasteiger partial charge is 0.463 e. The Morgan fingerprint density at radius 3 is 2.67 bits per heavy atom. The number of ether oxygens (including phenoxy) is 4. The zero-order chi connectivity index (χ0) is 32.2. The number of alkyl halides is 3. The summed E-state index contributed by atoms with van der Waals surface area (Å²) in [5, 5.41) is -0.0703. The zero-order valence-corrected chi connectivity index (χ0v) is 26.7. The molecule has 246 valence electrons. The van der Waals surface area contributed by atoms with Crippen LogP contribution in [-0.2, 0) is 27.0 Å². The number of halogens is 5. The van der Waals surface area contributed by atoms with Gasteiger partial charge in [-0.25, -0.2) is 9.18 Å². The number of benzene rings is 2. The number of hydrogen-bond acceptors (Lipinski definition) is 8. The number of carbonyl (C=O) groups is 1. The second-order valence-corrected chi connectivity index (χ2v) is 13.4. The molecule has 1 saturated carbocycles. The van der Waals surface area contributed by atoms with Crippen LogP contribution in [0.2, 0.25) is 0 Å². The van der Waals surface area contributed by atoms with Crippen molar-refractivity contribution >= 4 is 38.7 Å². The molecule has 5 heterocycles. The van der Waals surface area contributed by atoms with Gasteiger partial charge in [0, 0.05) is 30.5 Å². The molecule has 0 radical (unpaired) electrons. The van der Waals surface area contributed by atoms with E-state index in [9.17, 15) is 18.0 Å². The lowest BCUT2D eigenvalue weighted by Crippen LogP contribution is -2.49. The fourth-order valence-electron chi connectivity index (χ4n) is 7.46. The first-order valence-corrected chi connectivity index (χ1v) is 16.1. The minimum absolute atomic E-state index is 0.0703. The molecule has 5 aliphatic rings. The van der Waals surface area contributed by atoms with Gasteiger partial charge >= 0.3 is 18.3 Å². The van der Waals surface area contributed by atoms with Crippen molar-refractivity contribution in [1.29, 1.82) is 0 Å². The summed E-state index contributed by atoms with van der Waals surface area (Å²) < 4.78 is 79.9. The van der Waals surface area contributed by atoms with E-state index in [0.29, 0.717) is 19.4 Å². The van der Waals surface area contributed by atoms with Crippen LogP contribution in [0.3, 0.4) is 0 Å². The molecule has 14 heteroatoms. The van der Waals surface area contributed by atoms with Crippen molar-refractivity contribution in [2.24, 2.45) is 5.41 Å². The standard InChI is InChI=1S/C32H33BrF4N4O5/c1-43-10-9-40(30(42)44-15-18-5-3-2-4-6-18)24-11-19-7-8-23(24)41(19)28-21-12-22(32(35,36)37)25(33)26(34)27(21)38-29(39-28)46-17-31-13-20(14-31)45-16-31/h2-6,12,19-20,23-24H,7-11,13-17H2,1H3/t19-,20?,23+,24?,31?/m1/s1. The average molecular weight is 710 g/mol. The molecule has 8 rings (SSSR count). The maximum atomic E-state index is 15.7. The van der Waals surface area contributed by atoms with Crippen molar-refractivity contribution in [3.63, 3.8) is 0 Å². The highest BCUT2D eigenvalue weighted by Crippen LogP contribution is 2.51. The number of carbonyl (C=O) groups excluding carboxylic acids is 1. The lowest BCUT2D eigenvalue weighted by Gasteiger charge is -2.35. The van der Waals surface area contributed by atoms with Crippen LogP contribution in [0.5, 0.6) is 6.01 Å². The number of rotatable bonds is 10. The Kier molecular flexibility index (Phi) is 8.25. The number of amides is 1. The molecule has 0 N–H and O–H groups in total. The molecule has 1 aliphatic carbocycles. The summed E-state index contributed by atoms with van der Waals surface area (Å²) >= 11 is 2.82. The molecular weight excluding hydrogens is 676 g/mol. The molecule has 5 fully saturated rings. The van der Waals surface area contributed by atoms with Gasteiger partial charge in [-0.3, -0.25) is 0 Å². The summed E-state index contributed by atoms with van der Waals surface area (Å²) in [6.07, 6.45) is -1.52. The van der Waals surface area contributed by atoms with Gasteiger partial charge in [-0.2, -0.15) is 23.1 Å². The van der Waals surface area contributed by atoms with Gasteiger partial charge < -0.3 is 28.7 Å². The molecule has 9 nitrogen and oxygen atoms in total. The van der Waals surface area contributed by atoms with Crippen molar-refractivity contribution in [2.75, 3.05) is 38.4 Å². The lowest BCUT2D eigenvalue weighted by molar-refractivity contribution is -0.138. The maximum absolute atomic E-state index is 15.7. The summed E-state index contributed by atoms with van der Waals surface area (Å²) in [6, 6.07) is 9.29. The van der Waals surface area contributed by atoms with Crippen LogP contribution in [0.1, 0.15) is 43.2 Å². The van der Waals surface area contributed by atoms with E-state index in [0.717, 1.165) is 30.9 Å². The highest BCUT2D eigenvalue weighted by molar-refractivity contribution is 9.10. The van der Waals surface area contributed by atoms with Gasteiger partial charge in [-0.1, -0.05) is 30.3 Å². The lowest BCUT2D eigenvalue weighted by atomic mass is 9.71. The molecule has 4 bridgehead atoms. The van der Waals surface area contributed by atoms with E-state index in [1.165, 1.54) is 0 Å². The van der Waals surface area contributed by atoms with Crippen molar-refractivity contribution in [3.8, 4) is 6.01 Å². The smallest absolute Gasteiger partial charge is 0.417 e. The molecule has 1 aromatic heterocycles. The highest BCUT2D eigenvalue weighted by Gasteiger charge is 2.53. The monoisotopic (exact) mass is 708 g/mol. The van der Waals surface area contributed by atoms with Crippen molar-refractivity contribution in [1.82, 2.24) is 14.9 Å². The average Bonchev–Trinajstić information content (AvgIpc) is 3.81. The Morgan fingerprint density at radius 2 is 1.98 bits per heavy atom. The van der Waals surface area contributed by atoms with Crippen LogP contribution in [0, 0.1) is 11.2 Å². The van der Waals surface area contributed by atoms with Gasteiger partial charge in [-0.05, 0) is 59.7 Å². The molecule has 1 unspecified atom stereocenters. The van der Waals surface area contributed by atoms with Crippen LogP contribution in [0.25, 0.3) is 10.9 Å². The summed E-state index contributed by atoms with van der Waals surface area (Å²) in [4.78, 5) is 26.0. The van der Waals surface area contributed by atoms with Crippen molar-refractivity contribution < 1.29 is 41.3 Å². The Bertz CT molecular complexity index is 1620. The maximum Gasteiger partial charge on any atom is 0.417 e. The normalized spacial score (nSPS) is 26.4. The van der Waals surface area contributed by atoms with Crippen molar-refractivity contribution in [3.05, 3.63) is 57.8 Å². The van der Waals surface area contributed by atoms with E-state index in [4.69, 9.17) is 18.9 Å². The predicted octanol–water partition coefficient (Wildman–Crippen LogP) is 6.50.